The number of nitriles is 1. The number of pyridine rings is 1. The third kappa shape index (κ3) is 8.97. The molecule has 1 aliphatic carbocycles. The third-order valence-corrected chi connectivity index (χ3v) is 16.8. The van der Waals surface area contributed by atoms with Crippen LogP contribution in [-0.4, -0.2) is 118 Å². The van der Waals surface area contributed by atoms with E-state index < -0.39 is 6.03 Å². The molecule has 7 heterocycles. The lowest BCUT2D eigenvalue weighted by molar-refractivity contribution is -0.138. The zero-order valence-corrected chi connectivity index (χ0v) is 40.2. The molecule has 2 aromatic heterocycles. The van der Waals surface area contributed by atoms with Gasteiger partial charge in [0.2, 0.25) is 11.8 Å². The number of anilines is 3. The Morgan fingerprint density at radius 2 is 1.72 bits per heavy atom. The van der Waals surface area contributed by atoms with Gasteiger partial charge in [-0.3, -0.25) is 24.6 Å². The van der Waals surface area contributed by atoms with Crippen molar-refractivity contribution in [1.82, 2.24) is 35.2 Å². The van der Waals surface area contributed by atoms with Crippen molar-refractivity contribution in [3.63, 3.8) is 0 Å². The summed E-state index contributed by atoms with van der Waals surface area (Å²) >= 11 is 6.45. The van der Waals surface area contributed by atoms with Gasteiger partial charge in [0.15, 0.2) is 5.82 Å². The van der Waals surface area contributed by atoms with Gasteiger partial charge in [0.05, 0.1) is 47.0 Å². The van der Waals surface area contributed by atoms with Gasteiger partial charge in [-0.1, -0.05) is 29.8 Å². The second-order valence-corrected chi connectivity index (χ2v) is 20.9. The Morgan fingerprint density at radius 1 is 0.941 bits per heavy atom. The Balaban J connectivity index is 0.681. The highest BCUT2D eigenvalue weighted by molar-refractivity contribution is 6.34. The molecule has 6 aliphatic rings. The van der Waals surface area contributed by atoms with E-state index in [2.05, 4.69) is 67.6 Å². The zero-order chi connectivity index (χ0) is 47.3. The molecular formula is C52H62ClN11O4. The summed E-state index contributed by atoms with van der Waals surface area (Å²) in [6.45, 7) is 12.4. The third-order valence-electron chi connectivity index (χ3n) is 16.5. The summed E-state index contributed by atoms with van der Waals surface area (Å²) in [4.78, 5) is 67.4. The van der Waals surface area contributed by atoms with E-state index in [1.165, 1.54) is 30.6 Å². The number of hydrogen-bond donors (Lipinski definition) is 2. The molecule has 1 saturated carbocycles. The van der Waals surface area contributed by atoms with Crippen molar-refractivity contribution in [2.24, 2.45) is 17.3 Å². The lowest BCUT2D eigenvalue weighted by atomic mass is 9.65. The number of hydrogen-bond acceptors (Lipinski definition) is 11. The summed E-state index contributed by atoms with van der Waals surface area (Å²) in [6, 6.07) is 15.4. The number of piperazine rings is 1. The van der Waals surface area contributed by atoms with Gasteiger partial charge in [-0.25, -0.2) is 9.78 Å². The zero-order valence-electron chi connectivity index (χ0n) is 39.5. The summed E-state index contributed by atoms with van der Waals surface area (Å²) < 4.78 is 0. The second kappa shape index (κ2) is 18.9. The number of rotatable bonds is 10. The van der Waals surface area contributed by atoms with Crippen LogP contribution in [-0.2, 0) is 16.0 Å². The number of imide groups is 1. The van der Waals surface area contributed by atoms with Gasteiger partial charge in [0, 0.05) is 74.1 Å². The number of likely N-dealkylation sites (tertiary alicyclic amines) is 3. The fraction of sp³-hybridized carbons (Fsp3) is 0.538. The fourth-order valence-corrected chi connectivity index (χ4v) is 12.5. The number of carbonyl (C=O) groups excluding carboxylic acids is 4. The molecule has 0 radical (unpaired) electrons. The number of nitrogens with one attached hydrogen (secondary N) is 2. The molecule has 2 unspecified atom stereocenters. The molecule has 1 spiro atoms. The average Bonchev–Trinajstić information content (AvgIpc) is 3.97. The summed E-state index contributed by atoms with van der Waals surface area (Å²) in [5, 5.41) is 26.6. The number of benzene rings is 2. The Kier molecular flexibility index (Phi) is 12.8. The fourth-order valence-electron chi connectivity index (χ4n) is 12.3. The molecule has 356 valence electrons. The van der Waals surface area contributed by atoms with Gasteiger partial charge in [0.25, 0.3) is 5.91 Å². The Hall–Kier alpha value is -5.85. The monoisotopic (exact) mass is 939 g/mol. The maximum atomic E-state index is 14.1. The van der Waals surface area contributed by atoms with Crippen molar-refractivity contribution in [1.29, 1.82) is 5.26 Å². The highest BCUT2D eigenvalue weighted by atomic mass is 35.5. The lowest BCUT2D eigenvalue weighted by Gasteiger charge is -2.47. The van der Waals surface area contributed by atoms with Gasteiger partial charge < -0.3 is 24.9 Å². The number of nitrogens with zero attached hydrogens (tertiary/aromatic N) is 9. The van der Waals surface area contributed by atoms with Crippen LogP contribution in [0.3, 0.4) is 0 Å². The van der Waals surface area contributed by atoms with Crippen LogP contribution in [0, 0.1) is 42.4 Å². The number of piperidine rings is 2. The van der Waals surface area contributed by atoms with Crippen LogP contribution in [0.2, 0.25) is 5.02 Å². The number of halogens is 1. The number of urea groups is 1. The van der Waals surface area contributed by atoms with Crippen LogP contribution in [0.15, 0.2) is 48.7 Å². The molecular weight excluding hydrogens is 878 g/mol. The van der Waals surface area contributed by atoms with Crippen LogP contribution in [0.1, 0.15) is 110 Å². The maximum Gasteiger partial charge on any atom is 0.328 e. The summed E-state index contributed by atoms with van der Waals surface area (Å²) in [7, 11) is 0. The van der Waals surface area contributed by atoms with Crippen molar-refractivity contribution in [2.45, 2.75) is 110 Å². The van der Waals surface area contributed by atoms with Crippen molar-refractivity contribution < 1.29 is 19.2 Å². The topological polar surface area (TPSA) is 171 Å². The Bertz CT molecular complexity index is 2660. The van der Waals surface area contributed by atoms with Crippen molar-refractivity contribution in [3.8, 4) is 6.07 Å². The first-order valence-corrected chi connectivity index (χ1v) is 25.1. The molecule has 5 saturated heterocycles. The average molecular weight is 941 g/mol. The summed E-state index contributed by atoms with van der Waals surface area (Å²) in [5.74, 6) is 2.32. The molecule has 10 rings (SSSR count). The van der Waals surface area contributed by atoms with E-state index in [0.29, 0.717) is 53.4 Å². The molecule has 16 heteroatoms. The summed E-state index contributed by atoms with van der Waals surface area (Å²) in [5.41, 5.74) is 5.32. The molecule has 6 fully saturated rings. The molecule has 4 aromatic rings. The van der Waals surface area contributed by atoms with Crippen molar-refractivity contribution >= 4 is 63.4 Å². The number of fused-ring (bicyclic) bond motifs is 3. The highest BCUT2D eigenvalue weighted by Crippen LogP contribution is 2.47. The van der Waals surface area contributed by atoms with E-state index in [1.807, 2.05) is 30.2 Å². The highest BCUT2D eigenvalue weighted by Gasteiger charge is 2.47. The molecule has 68 heavy (non-hydrogen) atoms. The van der Waals surface area contributed by atoms with E-state index >= 15 is 0 Å². The molecule has 5 aliphatic heterocycles. The van der Waals surface area contributed by atoms with Crippen molar-refractivity contribution in [2.75, 3.05) is 67.5 Å². The molecule has 2 bridgehead atoms. The number of aryl methyl sites for hydroxylation is 1. The maximum absolute atomic E-state index is 14.1. The SMILES string of the molecule is Cc1c(CC#N)cccc1[C@@H](C)Nc1nnc(C)c2cnc(N3CC4CC3CN4C(=O)C3CCN(CC4CCC5(CC4)CCN(C(=O)c4ccc(Cl)c(N6CCC(=O)NC6=O)c4)CC5)CC3)cc12. The minimum absolute atomic E-state index is 0.0495. The first kappa shape index (κ1) is 45.9. The minimum Gasteiger partial charge on any atom is -0.362 e. The first-order chi connectivity index (χ1) is 32.9. The van der Waals surface area contributed by atoms with E-state index in [0.717, 1.165) is 104 Å². The van der Waals surface area contributed by atoms with Gasteiger partial charge in [-0.05, 0) is 144 Å². The predicted molar refractivity (Wildman–Crippen MR) is 262 cm³/mol. The molecule has 2 aromatic carbocycles. The first-order valence-electron chi connectivity index (χ1n) is 24.7. The molecule has 3 atom stereocenters. The Labute approximate surface area is 403 Å². The van der Waals surface area contributed by atoms with E-state index in [9.17, 15) is 24.4 Å². The predicted octanol–water partition coefficient (Wildman–Crippen LogP) is 7.59. The number of carbonyl (C=O) groups is 4. The largest absolute Gasteiger partial charge is 0.362 e. The van der Waals surface area contributed by atoms with E-state index in [1.54, 1.807) is 18.2 Å². The van der Waals surface area contributed by atoms with Gasteiger partial charge in [-0.2, -0.15) is 10.4 Å². The van der Waals surface area contributed by atoms with E-state index in [-0.39, 0.29) is 54.2 Å². The van der Waals surface area contributed by atoms with Crippen molar-refractivity contribution in [3.05, 3.63) is 81.6 Å². The van der Waals surface area contributed by atoms with E-state index in [4.69, 9.17) is 16.6 Å². The lowest BCUT2D eigenvalue weighted by Crippen LogP contribution is -2.52. The molecule has 5 amide bonds. The van der Waals surface area contributed by atoms with Gasteiger partial charge >= 0.3 is 6.03 Å². The van der Waals surface area contributed by atoms with Crippen LogP contribution < -0.4 is 20.4 Å². The standard InChI is InChI=1S/C52H62ClN11O4/c1-32-36(11-19-54)5-4-6-41(32)33(2)56-48-42-27-46(55-28-43(42)34(3)58-59-48)63-30-40-26-39(63)31-64(40)50(67)37-12-20-60(21-13-37)29-35-9-15-52(16-10-35)17-23-61(24-18-52)49(66)38-7-8-44(53)45(25-38)62-22-14-47(65)57-51(62)68/h4-8,25,27-28,33,35,37,39-40H,9-18,20-24,26,29-31H2,1-3H3,(H,56,59)(H,57,65,68)/t33-,39?,40?/m1/s1. The second-order valence-electron chi connectivity index (χ2n) is 20.5. The van der Waals surface area contributed by atoms with Crippen LogP contribution >= 0.6 is 11.6 Å². The van der Waals surface area contributed by atoms with Crippen LogP contribution in [0.25, 0.3) is 10.8 Å². The van der Waals surface area contributed by atoms with Gasteiger partial charge in [-0.15, -0.1) is 5.10 Å². The normalized spacial score (nSPS) is 22.8. The van der Waals surface area contributed by atoms with Crippen LogP contribution in [0.5, 0.6) is 0 Å². The Morgan fingerprint density at radius 3 is 2.44 bits per heavy atom. The van der Waals surface area contributed by atoms with Crippen LogP contribution in [0.4, 0.5) is 22.1 Å². The van der Waals surface area contributed by atoms with Gasteiger partial charge in [0.1, 0.15) is 5.82 Å². The number of aromatic nitrogens is 3. The quantitative estimate of drug-likeness (QED) is 0.161. The molecule has 2 N–H and O–H groups in total. The smallest absolute Gasteiger partial charge is 0.328 e. The summed E-state index contributed by atoms with van der Waals surface area (Å²) in [6.07, 6.45) is 12.1. The number of amides is 5. The minimum atomic E-state index is -0.522. The molecule has 15 nitrogen and oxygen atoms in total.